The SMILES string of the molecule is O=S(=O)(OC1=CCCOCC1)C(F)(F)F. The number of rotatable bonds is 2. The number of hydrogen-bond acceptors (Lipinski definition) is 4. The summed E-state index contributed by atoms with van der Waals surface area (Å²) in [5.74, 6) is -0.218. The van der Waals surface area contributed by atoms with E-state index in [0.29, 0.717) is 13.0 Å². The van der Waals surface area contributed by atoms with Gasteiger partial charge in [0.05, 0.1) is 13.2 Å². The molecule has 0 saturated carbocycles. The van der Waals surface area contributed by atoms with Crippen molar-refractivity contribution < 1.29 is 30.5 Å². The van der Waals surface area contributed by atoms with Gasteiger partial charge in [-0.05, 0) is 12.5 Å². The van der Waals surface area contributed by atoms with Gasteiger partial charge in [-0.15, -0.1) is 0 Å². The zero-order valence-corrected chi connectivity index (χ0v) is 8.40. The Balaban J connectivity index is 2.73. The molecule has 0 N–H and O–H groups in total. The van der Waals surface area contributed by atoms with Crippen molar-refractivity contribution in [1.29, 1.82) is 0 Å². The van der Waals surface area contributed by atoms with Gasteiger partial charge >= 0.3 is 15.6 Å². The van der Waals surface area contributed by atoms with Gasteiger partial charge in [-0.25, -0.2) is 0 Å². The monoisotopic (exact) mass is 246 g/mol. The zero-order chi connectivity index (χ0) is 11.5. The first-order chi connectivity index (χ1) is 6.83. The van der Waals surface area contributed by atoms with Crippen LogP contribution in [0.4, 0.5) is 13.2 Å². The first-order valence-electron chi connectivity index (χ1n) is 4.10. The summed E-state index contributed by atoms with van der Waals surface area (Å²) in [6.45, 7) is 0.498. The Bertz CT molecular complexity index is 344. The van der Waals surface area contributed by atoms with E-state index >= 15 is 0 Å². The van der Waals surface area contributed by atoms with Gasteiger partial charge in [-0.2, -0.15) is 21.6 Å². The van der Waals surface area contributed by atoms with Crippen molar-refractivity contribution in [3.05, 3.63) is 11.8 Å². The minimum Gasteiger partial charge on any atom is -0.381 e. The highest BCUT2D eigenvalue weighted by molar-refractivity contribution is 7.87. The Kier molecular flexibility index (Phi) is 3.61. The van der Waals surface area contributed by atoms with Crippen LogP contribution in [0.15, 0.2) is 11.8 Å². The van der Waals surface area contributed by atoms with Gasteiger partial charge in [0, 0.05) is 6.42 Å². The molecule has 0 bridgehead atoms. The highest BCUT2D eigenvalue weighted by atomic mass is 32.2. The van der Waals surface area contributed by atoms with Crippen LogP contribution in [-0.2, 0) is 19.0 Å². The summed E-state index contributed by atoms with van der Waals surface area (Å²) in [6, 6.07) is 0. The second kappa shape index (κ2) is 4.40. The molecule has 0 aromatic carbocycles. The minimum atomic E-state index is -5.54. The van der Waals surface area contributed by atoms with Crippen molar-refractivity contribution in [2.45, 2.75) is 18.3 Å². The predicted molar refractivity (Wildman–Crippen MR) is 44.2 cm³/mol. The molecule has 0 saturated heterocycles. The molecule has 0 spiro atoms. The van der Waals surface area contributed by atoms with Crippen LogP contribution in [0, 0.1) is 0 Å². The summed E-state index contributed by atoms with van der Waals surface area (Å²) in [6.07, 6.45) is 1.65. The predicted octanol–water partition coefficient (Wildman–Crippen LogP) is 1.55. The normalized spacial score (nSPS) is 19.3. The van der Waals surface area contributed by atoms with Gasteiger partial charge in [0.15, 0.2) is 0 Å². The van der Waals surface area contributed by atoms with Crippen molar-refractivity contribution in [1.82, 2.24) is 0 Å². The van der Waals surface area contributed by atoms with E-state index in [1.165, 1.54) is 6.08 Å². The molecule has 15 heavy (non-hydrogen) atoms. The molecule has 1 rings (SSSR count). The van der Waals surface area contributed by atoms with E-state index in [4.69, 9.17) is 4.74 Å². The van der Waals surface area contributed by atoms with Crippen LogP contribution < -0.4 is 0 Å². The van der Waals surface area contributed by atoms with Crippen LogP contribution in [0.5, 0.6) is 0 Å². The van der Waals surface area contributed by atoms with Gasteiger partial charge in [0.25, 0.3) is 0 Å². The summed E-state index contributed by atoms with van der Waals surface area (Å²) in [7, 11) is -5.54. The molecule has 0 fully saturated rings. The average molecular weight is 246 g/mol. The number of ether oxygens (including phenoxy) is 1. The quantitative estimate of drug-likeness (QED) is 0.548. The maximum atomic E-state index is 11.9. The average Bonchev–Trinajstić information content (AvgIpc) is 2.30. The summed E-state index contributed by atoms with van der Waals surface area (Å²) >= 11 is 0. The van der Waals surface area contributed by atoms with Gasteiger partial charge in [-0.3, -0.25) is 0 Å². The summed E-state index contributed by atoms with van der Waals surface area (Å²) < 4.78 is 65.8. The van der Waals surface area contributed by atoms with E-state index < -0.39 is 15.6 Å². The number of alkyl halides is 3. The van der Waals surface area contributed by atoms with E-state index in [-0.39, 0.29) is 18.8 Å². The van der Waals surface area contributed by atoms with Crippen molar-refractivity contribution in [3.63, 3.8) is 0 Å². The third-order valence-corrected chi connectivity index (χ3v) is 2.63. The third kappa shape index (κ3) is 3.38. The van der Waals surface area contributed by atoms with Crippen LogP contribution in [0.1, 0.15) is 12.8 Å². The van der Waals surface area contributed by atoms with Gasteiger partial charge in [0.2, 0.25) is 0 Å². The molecular weight excluding hydrogens is 237 g/mol. The van der Waals surface area contributed by atoms with E-state index in [1.807, 2.05) is 0 Å². The fraction of sp³-hybridized carbons (Fsp3) is 0.714. The topological polar surface area (TPSA) is 52.6 Å². The lowest BCUT2D eigenvalue weighted by molar-refractivity contribution is -0.0524. The second-order valence-electron chi connectivity index (χ2n) is 2.80. The van der Waals surface area contributed by atoms with E-state index in [9.17, 15) is 21.6 Å². The van der Waals surface area contributed by atoms with Crippen LogP contribution in [0.25, 0.3) is 0 Å². The highest BCUT2D eigenvalue weighted by Gasteiger charge is 2.48. The fourth-order valence-electron chi connectivity index (χ4n) is 0.944. The zero-order valence-electron chi connectivity index (χ0n) is 7.58. The smallest absolute Gasteiger partial charge is 0.381 e. The molecular formula is C7H9F3O4S. The molecule has 0 aromatic heterocycles. The highest BCUT2D eigenvalue weighted by Crippen LogP contribution is 2.27. The molecule has 88 valence electrons. The second-order valence-corrected chi connectivity index (χ2v) is 4.34. The van der Waals surface area contributed by atoms with Gasteiger partial charge in [-0.1, -0.05) is 0 Å². The summed E-state index contributed by atoms with van der Waals surface area (Å²) in [5.41, 5.74) is -5.39. The maximum Gasteiger partial charge on any atom is 0.534 e. The third-order valence-electron chi connectivity index (χ3n) is 1.63. The van der Waals surface area contributed by atoms with E-state index in [0.717, 1.165) is 0 Å². The Labute approximate surface area is 84.8 Å². The van der Waals surface area contributed by atoms with E-state index in [1.54, 1.807) is 0 Å². The standard InChI is InChI=1S/C7H9F3O4S/c8-7(9,10)15(11,12)14-6-2-1-4-13-5-3-6/h2H,1,3-5H2. The van der Waals surface area contributed by atoms with Crippen LogP contribution in [0.3, 0.4) is 0 Å². The van der Waals surface area contributed by atoms with Crippen molar-refractivity contribution >= 4 is 10.1 Å². The number of halogens is 3. The van der Waals surface area contributed by atoms with Crippen LogP contribution in [0.2, 0.25) is 0 Å². The fourth-order valence-corrected chi connectivity index (χ4v) is 1.47. The van der Waals surface area contributed by atoms with Crippen molar-refractivity contribution in [2.24, 2.45) is 0 Å². The van der Waals surface area contributed by atoms with Crippen molar-refractivity contribution in [2.75, 3.05) is 13.2 Å². The largest absolute Gasteiger partial charge is 0.534 e. The number of hydrogen-bond donors (Lipinski definition) is 0. The maximum absolute atomic E-state index is 11.9. The van der Waals surface area contributed by atoms with Gasteiger partial charge in [0.1, 0.15) is 5.76 Å². The molecule has 0 radical (unpaired) electrons. The molecule has 0 unspecified atom stereocenters. The Morgan fingerprint density at radius 2 is 2.00 bits per heavy atom. The molecule has 0 atom stereocenters. The van der Waals surface area contributed by atoms with Gasteiger partial charge < -0.3 is 8.92 Å². The summed E-state index contributed by atoms with van der Waals surface area (Å²) in [4.78, 5) is 0. The van der Waals surface area contributed by atoms with E-state index in [2.05, 4.69) is 4.18 Å². The molecule has 0 aliphatic carbocycles. The van der Waals surface area contributed by atoms with Crippen LogP contribution >= 0.6 is 0 Å². The molecule has 8 heteroatoms. The van der Waals surface area contributed by atoms with Crippen molar-refractivity contribution in [3.8, 4) is 0 Å². The summed E-state index contributed by atoms with van der Waals surface area (Å²) in [5, 5.41) is 0. The Morgan fingerprint density at radius 3 is 2.60 bits per heavy atom. The molecule has 0 amide bonds. The Hall–Kier alpha value is -0.760. The lowest BCUT2D eigenvalue weighted by Crippen LogP contribution is -2.25. The molecule has 1 aliphatic heterocycles. The lowest BCUT2D eigenvalue weighted by atomic mass is 10.3. The van der Waals surface area contributed by atoms with Crippen LogP contribution in [-0.4, -0.2) is 27.1 Å². The first-order valence-corrected chi connectivity index (χ1v) is 5.51. The molecule has 0 aromatic rings. The minimum absolute atomic E-state index is 0.0231. The first kappa shape index (κ1) is 12.3. The lowest BCUT2D eigenvalue weighted by Gasteiger charge is -2.10. The molecule has 1 aliphatic rings. The Morgan fingerprint density at radius 1 is 1.33 bits per heavy atom. The molecule has 4 nitrogen and oxygen atoms in total. The molecule has 1 heterocycles.